The first-order valence-corrected chi connectivity index (χ1v) is 8.62. The number of hydrogen-bond donors (Lipinski definition) is 2. The molecule has 3 rings (SSSR count). The number of fused-ring (bicyclic) bond motifs is 1. The number of carbonyl (C=O) groups excluding carboxylic acids is 1. The van der Waals surface area contributed by atoms with Gasteiger partial charge in [0.05, 0.1) is 12.0 Å². The fourth-order valence-electron chi connectivity index (χ4n) is 2.86. The molecule has 0 fully saturated rings. The number of nitrogens with two attached hydrogens (primary N) is 1. The van der Waals surface area contributed by atoms with Crippen molar-refractivity contribution in [3.05, 3.63) is 74.1 Å². The highest BCUT2D eigenvalue weighted by molar-refractivity contribution is 6.31. The Bertz CT molecular complexity index is 978. The number of halogens is 1. The highest BCUT2D eigenvalue weighted by Crippen LogP contribution is 2.43. The maximum absolute atomic E-state index is 12.7. The number of aliphatic hydroxyl groups is 1. The summed E-state index contributed by atoms with van der Waals surface area (Å²) in [6.45, 7) is 2.89. The molecule has 2 heterocycles. The van der Waals surface area contributed by atoms with Crippen molar-refractivity contribution in [1.29, 1.82) is 0 Å². The minimum atomic E-state index is -0.923. The number of hydrogen-bond acceptors (Lipinski definition) is 7. The molecule has 1 aromatic heterocycles. The predicted octanol–water partition coefficient (Wildman–Crippen LogP) is 2.43. The maximum Gasteiger partial charge on any atom is 0.340 e. The van der Waals surface area contributed by atoms with Crippen LogP contribution in [0.3, 0.4) is 0 Å². The van der Waals surface area contributed by atoms with Crippen molar-refractivity contribution in [3.8, 4) is 5.75 Å². The summed E-state index contributed by atoms with van der Waals surface area (Å²) in [4.78, 5) is 25.1. The highest BCUT2D eigenvalue weighted by atomic mass is 35.5. The Hall–Kier alpha value is -2.77. The second-order valence-corrected chi connectivity index (χ2v) is 6.62. The molecular weight excluding hydrogens is 374 g/mol. The van der Waals surface area contributed by atoms with Crippen molar-refractivity contribution in [2.45, 2.75) is 32.5 Å². The molecule has 2 aromatic rings. The van der Waals surface area contributed by atoms with Gasteiger partial charge in [0, 0.05) is 11.1 Å². The summed E-state index contributed by atoms with van der Waals surface area (Å²) in [6.07, 6.45) is -0.401. The van der Waals surface area contributed by atoms with E-state index in [1.165, 1.54) is 0 Å². The molecule has 0 aliphatic carbocycles. The lowest BCUT2D eigenvalue weighted by atomic mass is 9.86. The molecule has 1 aliphatic rings. The Morgan fingerprint density at radius 2 is 2.07 bits per heavy atom. The minimum Gasteiger partial charge on any atom is -0.459 e. The monoisotopic (exact) mass is 391 g/mol. The number of ether oxygens (including phenoxy) is 2. The SMILES string of the molecule is CC(C)OC(=O)C1=C(N)Oc2c(oc(CO)cc2=O)[C@H]1c1ccccc1Cl. The van der Waals surface area contributed by atoms with Gasteiger partial charge in [-0.25, -0.2) is 4.79 Å². The van der Waals surface area contributed by atoms with Gasteiger partial charge in [-0.3, -0.25) is 4.79 Å². The van der Waals surface area contributed by atoms with Crippen molar-refractivity contribution in [3.63, 3.8) is 0 Å². The van der Waals surface area contributed by atoms with Crippen molar-refractivity contribution < 1.29 is 23.8 Å². The van der Waals surface area contributed by atoms with E-state index in [1.807, 2.05) is 0 Å². The number of rotatable bonds is 4. The maximum atomic E-state index is 12.7. The second-order valence-electron chi connectivity index (χ2n) is 6.22. The number of benzene rings is 1. The third-order valence-electron chi connectivity index (χ3n) is 3.94. The lowest BCUT2D eigenvalue weighted by Gasteiger charge is -2.27. The van der Waals surface area contributed by atoms with Crippen LogP contribution in [0.4, 0.5) is 0 Å². The average Bonchev–Trinajstić information content (AvgIpc) is 2.61. The second kappa shape index (κ2) is 7.46. The summed E-state index contributed by atoms with van der Waals surface area (Å²) in [5, 5.41) is 9.74. The molecule has 8 heteroatoms. The van der Waals surface area contributed by atoms with Crippen LogP contribution in [0.5, 0.6) is 5.75 Å². The molecule has 0 bridgehead atoms. The number of aliphatic hydroxyl groups excluding tert-OH is 1. The van der Waals surface area contributed by atoms with Crippen molar-refractivity contribution in [1.82, 2.24) is 0 Å². The van der Waals surface area contributed by atoms with Crippen molar-refractivity contribution >= 4 is 17.6 Å². The zero-order valence-electron chi connectivity index (χ0n) is 14.7. The van der Waals surface area contributed by atoms with Gasteiger partial charge < -0.3 is 24.7 Å². The largest absolute Gasteiger partial charge is 0.459 e. The summed E-state index contributed by atoms with van der Waals surface area (Å²) in [5.74, 6) is -2.00. The Labute approximate surface area is 160 Å². The van der Waals surface area contributed by atoms with Crippen LogP contribution < -0.4 is 15.9 Å². The molecule has 0 saturated heterocycles. The molecule has 0 radical (unpaired) electrons. The van der Waals surface area contributed by atoms with Gasteiger partial charge in [0.1, 0.15) is 17.9 Å². The average molecular weight is 392 g/mol. The molecule has 1 aliphatic heterocycles. The van der Waals surface area contributed by atoms with E-state index in [2.05, 4.69) is 0 Å². The lowest BCUT2D eigenvalue weighted by molar-refractivity contribution is -0.143. The third kappa shape index (κ3) is 3.56. The first-order chi connectivity index (χ1) is 12.8. The quantitative estimate of drug-likeness (QED) is 0.769. The van der Waals surface area contributed by atoms with E-state index >= 15 is 0 Å². The summed E-state index contributed by atoms with van der Waals surface area (Å²) < 4.78 is 16.3. The Kier molecular flexibility index (Phi) is 5.25. The van der Waals surface area contributed by atoms with Gasteiger partial charge in [-0.05, 0) is 25.5 Å². The van der Waals surface area contributed by atoms with Crippen molar-refractivity contribution in [2.75, 3.05) is 0 Å². The van der Waals surface area contributed by atoms with Crippen LogP contribution in [0.25, 0.3) is 0 Å². The molecule has 142 valence electrons. The zero-order chi connectivity index (χ0) is 19.7. The first kappa shape index (κ1) is 19.0. The molecule has 1 atom stereocenters. The van der Waals surface area contributed by atoms with Crippen LogP contribution in [-0.2, 0) is 16.1 Å². The smallest absolute Gasteiger partial charge is 0.340 e. The van der Waals surface area contributed by atoms with E-state index in [4.69, 9.17) is 31.2 Å². The van der Waals surface area contributed by atoms with Gasteiger partial charge >= 0.3 is 5.97 Å². The van der Waals surface area contributed by atoms with Crippen LogP contribution in [-0.4, -0.2) is 17.2 Å². The minimum absolute atomic E-state index is 0.0245. The van der Waals surface area contributed by atoms with E-state index in [1.54, 1.807) is 38.1 Å². The van der Waals surface area contributed by atoms with Crippen LogP contribution in [0.2, 0.25) is 5.02 Å². The molecular formula is C19H18ClNO6. The molecule has 1 aromatic carbocycles. The Morgan fingerprint density at radius 3 is 2.70 bits per heavy atom. The number of esters is 1. The standard InChI is InChI=1S/C19H18ClNO6/c1-9(2)25-19(24)15-14(11-5-3-4-6-12(11)20)17-16(27-18(15)21)13(23)7-10(8-22)26-17/h3-7,9,14,22H,8,21H2,1-2H3/t14-/m0/s1. The highest BCUT2D eigenvalue weighted by Gasteiger charge is 2.40. The molecule has 0 unspecified atom stereocenters. The van der Waals surface area contributed by atoms with Crippen LogP contribution >= 0.6 is 11.6 Å². The predicted molar refractivity (Wildman–Crippen MR) is 97.3 cm³/mol. The first-order valence-electron chi connectivity index (χ1n) is 8.24. The lowest BCUT2D eigenvalue weighted by Crippen LogP contribution is -2.31. The molecule has 7 nitrogen and oxygen atoms in total. The van der Waals surface area contributed by atoms with Crippen LogP contribution in [0.1, 0.15) is 36.8 Å². The molecule has 3 N–H and O–H groups in total. The molecule has 0 amide bonds. The number of carbonyl (C=O) groups is 1. The summed E-state index contributed by atoms with van der Waals surface area (Å²) in [6, 6.07) is 7.88. The van der Waals surface area contributed by atoms with Gasteiger partial charge in [0.25, 0.3) is 0 Å². The summed E-state index contributed by atoms with van der Waals surface area (Å²) in [7, 11) is 0. The topological polar surface area (TPSA) is 112 Å². The van der Waals surface area contributed by atoms with E-state index in [0.29, 0.717) is 10.6 Å². The fourth-order valence-corrected chi connectivity index (χ4v) is 3.10. The van der Waals surface area contributed by atoms with Gasteiger partial charge in [0.15, 0.2) is 5.76 Å². The van der Waals surface area contributed by atoms with E-state index < -0.39 is 30.0 Å². The van der Waals surface area contributed by atoms with E-state index in [0.717, 1.165) is 6.07 Å². The van der Waals surface area contributed by atoms with Gasteiger partial charge in [0.2, 0.25) is 17.1 Å². The van der Waals surface area contributed by atoms with Gasteiger partial charge in [-0.2, -0.15) is 0 Å². The molecule has 0 spiro atoms. The van der Waals surface area contributed by atoms with Crippen LogP contribution in [0, 0.1) is 0 Å². The van der Waals surface area contributed by atoms with Gasteiger partial charge in [-0.15, -0.1) is 0 Å². The normalized spacial score (nSPS) is 16.1. The van der Waals surface area contributed by atoms with E-state index in [-0.39, 0.29) is 28.7 Å². The zero-order valence-corrected chi connectivity index (χ0v) is 15.4. The third-order valence-corrected chi connectivity index (χ3v) is 4.29. The Balaban J connectivity index is 2.28. The molecule has 27 heavy (non-hydrogen) atoms. The fraction of sp³-hybridized carbons (Fsp3) is 0.263. The van der Waals surface area contributed by atoms with Crippen LogP contribution in [0.15, 0.2) is 51.0 Å². The molecule has 0 saturated carbocycles. The van der Waals surface area contributed by atoms with Crippen molar-refractivity contribution in [2.24, 2.45) is 5.73 Å². The summed E-state index contributed by atoms with van der Waals surface area (Å²) >= 11 is 6.34. The van der Waals surface area contributed by atoms with E-state index in [9.17, 15) is 14.7 Å². The summed E-state index contributed by atoms with van der Waals surface area (Å²) in [5.41, 5.74) is 5.90. The Morgan fingerprint density at radius 1 is 1.37 bits per heavy atom. The van der Waals surface area contributed by atoms with Gasteiger partial charge in [-0.1, -0.05) is 29.8 Å².